The minimum absolute atomic E-state index is 0.0660. The smallest absolute Gasteiger partial charge is 0.242 e. The predicted octanol–water partition coefficient (Wildman–Crippen LogP) is 2.20. The van der Waals surface area contributed by atoms with E-state index in [0.717, 1.165) is 22.3 Å². The number of aromatic nitrogens is 2. The number of imidazole rings is 1. The molecule has 0 aliphatic carbocycles. The number of hydrogen-bond donors (Lipinski definition) is 1. The van der Waals surface area contributed by atoms with E-state index in [9.17, 15) is 9.90 Å². The third-order valence-electron chi connectivity index (χ3n) is 4.19. The number of aliphatic hydroxyl groups excluding tert-OH is 1. The second kappa shape index (κ2) is 7.36. The molecule has 0 radical (unpaired) electrons. The van der Waals surface area contributed by atoms with Crippen molar-refractivity contribution in [2.45, 2.75) is 19.7 Å². The number of benzene rings is 2. The molecule has 0 saturated heterocycles. The third-order valence-corrected chi connectivity index (χ3v) is 4.19. The Labute approximate surface area is 146 Å². The third kappa shape index (κ3) is 3.49. The highest BCUT2D eigenvalue weighted by molar-refractivity contribution is 5.81. The molecule has 0 spiro atoms. The highest BCUT2D eigenvalue weighted by Crippen LogP contribution is 2.20. The van der Waals surface area contributed by atoms with Crippen LogP contribution in [0.1, 0.15) is 11.4 Å². The molecule has 25 heavy (non-hydrogen) atoms. The van der Waals surface area contributed by atoms with Gasteiger partial charge in [0.1, 0.15) is 24.7 Å². The maximum atomic E-state index is 12.7. The number of ether oxygens (including phenoxy) is 1. The monoisotopic (exact) mass is 339 g/mol. The highest BCUT2D eigenvalue weighted by Gasteiger charge is 2.16. The average Bonchev–Trinajstić information content (AvgIpc) is 3.00. The van der Waals surface area contributed by atoms with E-state index < -0.39 is 0 Å². The lowest BCUT2D eigenvalue weighted by Gasteiger charge is -2.20. The van der Waals surface area contributed by atoms with Gasteiger partial charge in [-0.15, -0.1) is 0 Å². The summed E-state index contributed by atoms with van der Waals surface area (Å²) >= 11 is 0. The summed E-state index contributed by atoms with van der Waals surface area (Å²) in [5, 5.41) is 9.55. The summed E-state index contributed by atoms with van der Waals surface area (Å²) in [6, 6.07) is 15.2. The second-order valence-electron chi connectivity index (χ2n) is 5.82. The van der Waals surface area contributed by atoms with Crippen LogP contribution in [-0.2, 0) is 24.5 Å². The van der Waals surface area contributed by atoms with Crippen LogP contribution in [0.4, 0.5) is 0 Å². The van der Waals surface area contributed by atoms with Crippen LogP contribution < -0.4 is 4.74 Å². The van der Waals surface area contributed by atoms with E-state index in [1.165, 1.54) is 0 Å². The van der Waals surface area contributed by atoms with Crippen molar-refractivity contribution in [1.29, 1.82) is 0 Å². The van der Waals surface area contributed by atoms with Crippen molar-refractivity contribution in [3.05, 3.63) is 59.9 Å². The summed E-state index contributed by atoms with van der Waals surface area (Å²) in [4.78, 5) is 18.7. The Morgan fingerprint density at radius 3 is 2.68 bits per heavy atom. The van der Waals surface area contributed by atoms with Crippen molar-refractivity contribution in [3.8, 4) is 5.75 Å². The molecule has 0 fully saturated rings. The summed E-state index contributed by atoms with van der Waals surface area (Å²) in [5.41, 5.74) is 2.55. The zero-order chi connectivity index (χ0) is 17.8. The minimum Gasteiger partial charge on any atom is -0.496 e. The predicted molar refractivity (Wildman–Crippen MR) is 95.1 cm³/mol. The first-order valence-electron chi connectivity index (χ1n) is 8.05. The molecule has 1 aromatic heterocycles. The Balaban J connectivity index is 1.80. The Hall–Kier alpha value is -2.86. The van der Waals surface area contributed by atoms with E-state index in [1.807, 2.05) is 48.5 Å². The van der Waals surface area contributed by atoms with Crippen LogP contribution in [0.2, 0.25) is 0 Å². The number of para-hydroxylation sites is 3. The van der Waals surface area contributed by atoms with Crippen molar-refractivity contribution in [2.24, 2.45) is 0 Å². The van der Waals surface area contributed by atoms with Gasteiger partial charge in [0.15, 0.2) is 0 Å². The molecule has 2 aromatic carbocycles. The summed E-state index contributed by atoms with van der Waals surface area (Å²) in [6.07, 6.45) is 0. The van der Waals surface area contributed by atoms with Gasteiger partial charge >= 0.3 is 0 Å². The quantitative estimate of drug-likeness (QED) is 0.747. The first kappa shape index (κ1) is 17.0. The van der Waals surface area contributed by atoms with Gasteiger partial charge in [-0.05, 0) is 18.2 Å². The standard InChI is InChI=1S/C19H21N3O3/c1-21(11-14-7-3-6-10-17(14)25-2)19(24)12-22-16-9-5-4-8-15(16)20-18(22)13-23/h3-10,23H,11-13H2,1-2H3. The van der Waals surface area contributed by atoms with Gasteiger partial charge in [-0.2, -0.15) is 0 Å². The Morgan fingerprint density at radius 2 is 1.92 bits per heavy atom. The molecule has 1 heterocycles. The summed E-state index contributed by atoms with van der Waals surface area (Å²) < 4.78 is 7.10. The molecular formula is C19H21N3O3. The Bertz CT molecular complexity index is 889. The van der Waals surface area contributed by atoms with E-state index in [2.05, 4.69) is 4.98 Å². The number of nitrogens with zero attached hydrogens (tertiary/aromatic N) is 3. The molecule has 6 nitrogen and oxygen atoms in total. The summed E-state index contributed by atoms with van der Waals surface area (Å²) in [7, 11) is 3.37. The lowest BCUT2D eigenvalue weighted by atomic mass is 10.2. The van der Waals surface area contributed by atoms with Gasteiger partial charge in [-0.1, -0.05) is 30.3 Å². The first-order chi connectivity index (χ1) is 12.1. The largest absolute Gasteiger partial charge is 0.496 e. The molecule has 1 N–H and O–H groups in total. The SMILES string of the molecule is COc1ccccc1CN(C)C(=O)Cn1c(CO)nc2ccccc21. The lowest BCUT2D eigenvalue weighted by Crippen LogP contribution is -2.30. The summed E-state index contributed by atoms with van der Waals surface area (Å²) in [5.74, 6) is 1.18. The molecular weight excluding hydrogens is 318 g/mol. The number of aliphatic hydroxyl groups is 1. The fraction of sp³-hybridized carbons (Fsp3) is 0.263. The zero-order valence-corrected chi connectivity index (χ0v) is 14.3. The van der Waals surface area contributed by atoms with E-state index >= 15 is 0 Å². The molecule has 0 aliphatic rings. The van der Waals surface area contributed by atoms with Crippen LogP contribution in [0.3, 0.4) is 0 Å². The van der Waals surface area contributed by atoms with E-state index in [0.29, 0.717) is 12.4 Å². The Morgan fingerprint density at radius 1 is 1.20 bits per heavy atom. The molecule has 0 bridgehead atoms. The van der Waals surface area contributed by atoms with Crippen LogP contribution in [0.25, 0.3) is 11.0 Å². The van der Waals surface area contributed by atoms with Crippen molar-refractivity contribution in [3.63, 3.8) is 0 Å². The maximum absolute atomic E-state index is 12.7. The minimum atomic E-state index is -0.210. The van der Waals surface area contributed by atoms with Gasteiger partial charge < -0.3 is 19.3 Å². The highest BCUT2D eigenvalue weighted by atomic mass is 16.5. The lowest BCUT2D eigenvalue weighted by molar-refractivity contribution is -0.131. The fourth-order valence-corrected chi connectivity index (χ4v) is 2.86. The van der Waals surface area contributed by atoms with Gasteiger partial charge in [-0.25, -0.2) is 4.98 Å². The van der Waals surface area contributed by atoms with Crippen molar-refractivity contribution in [2.75, 3.05) is 14.2 Å². The number of likely N-dealkylation sites (N-methyl/N-ethyl adjacent to an activating group) is 1. The van der Waals surface area contributed by atoms with Crippen LogP contribution in [0, 0.1) is 0 Å². The van der Waals surface area contributed by atoms with Crippen LogP contribution in [0.15, 0.2) is 48.5 Å². The fourth-order valence-electron chi connectivity index (χ4n) is 2.86. The second-order valence-corrected chi connectivity index (χ2v) is 5.82. The van der Waals surface area contributed by atoms with Gasteiger partial charge in [-0.3, -0.25) is 4.79 Å². The number of carbonyl (C=O) groups is 1. The summed E-state index contributed by atoms with van der Waals surface area (Å²) in [6.45, 7) is 0.365. The number of rotatable bonds is 6. The maximum Gasteiger partial charge on any atom is 0.242 e. The number of methoxy groups -OCH3 is 1. The molecule has 6 heteroatoms. The number of carbonyl (C=O) groups excluding carboxylic acids is 1. The molecule has 130 valence electrons. The number of amides is 1. The van der Waals surface area contributed by atoms with Gasteiger partial charge in [0.05, 0.1) is 18.1 Å². The molecule has 0 atom stereocenters. The van der Waals surface area contributed by atoms with Crippen LogP contribution in [-0.4, -0.2) is 39.6 Å². The average molecular weight is 339 g/mol. The van der Waals surface area contributed by atoms with E-state index in [-0.39, 0.29) is 19.1 Å². The van der Waals surface area contributed by atoms with Gasteiger partial charge in [0.2, 0.25) is 5.91 Å². The van der Waals surface area contributed by atoms with Gasteiger partial charge in [0, 0.05) is 19.2 Å². The molecule has 3 aromatic rings. The first-order valence-corrected chi connectivity index (χ1v) is 8.05. The van der Waals surface area contributed by atoms with Crippen LogP contribution >= 0.6 is 0 Å². The molecule has 3 rings (SSSR count). The number of fused-ring (bicyclic) bond motifs is 1. The van der Waals surface area contributed by atoms with Crippen molar-refractivity contribution < 1.29 is 14.6 Å². The van der Waals surface area contributed by atoms with Crippen molar-refractivity contribution in [1.82, 2.24) is 14.5 Å². The molecule has 0 aliphatic heterocycles. The van der Waals surface area contributed by atoms with Gasteiger partial charge in [0.25, 0.3) is 0 Å². The van der Waals surface area contributed by atoms with E-state index in [1.54, 1.807) is 23.6 Å². The van der Waals surface area contributed by atoms with Crippen molar-refractivity contribution >= 4 is 16.9 Å². The molecule has 0 unspecified atom stereocenters. The molecule has 0 saturated carbocycles. The Kier molecular flexibility index (Phi) is 5.00. The zero-order valence-electron chi connectivity index (χ0n) is 14.3. The van der Waals surface area contributed by atoms with E-state index in [4.69, 9.17) is 4.74 Å². The van der Waals surface area contributed by atoms with Crippen LogP contribution in [0.5, 0.6) is 5.75 Å². The number of hydrogen-bond acceptors (Lipinski definition) is 4. The normalized spacial score (nSPS) is 10.8. The molecule has 1 amide bonds. The topological polar surface area (TPSA) is 67.6 Å².